The van der Waals surface area contributed by atoms with Crippen molar-refractivity contribution in [2.75, 3.05) is 35.5 Å². The Morgan fingerprint density at radius 1 is 0.846 bits per heavy atom. The monoisotopic (exact) mass is 368 g/mol. The van der Waals surface area contributed by atoms with Crippen molar-refractivity contribution in [3.63, 3.8) is 0 Å². The van der Waals surface area contributed by atoms with Crippen LogP contribution in [0.4, 0.5) is 0 Å². The van der Waals surface area contributed by atoms with Crippen LogP contribution >= 0.6 is 0 Å². The highest BCUT2D eigenvalue weighted by Gasteiger charge is 2.55. The molecule has 1 saturated heterocycles. The maximum absolute atomic E-state index is 12.3. The molecule has 0 unspecified atom stereocenters. The van der Waals surface area contributed by atoms with Crippen LogP contribution in [-0.4, -0.2) is 53.5 Å². The molecule has 1 aliphatic heterocycles. The highest BCUT2D eigenvalue weighted by molar-refractivity contribution is 6.01. The second-order valence-corrected chi connectivity index (χ2v) is 5.36. The molecule has 0 spiro atoms. The smallest absolute Gasteiger partial charge is 0.322 e. The number of cyclic esters (lactones) is 1. The van der Waals surface area contributed by atoms with Gasteiger partial charge in [-0.25, -0.2) is 0 Å². The Morgan fingerprint density at radius 3 is 1.88 bits per heavy atom. The second kappa shape index (κ2) is 7.94. The summed E-state index contributed by atoms with van der Waals surface area (Å²) in [6.45, 7) is 0. The second-order valence-electron chi connectivity index (χ2n) is 5.36. The standard InChI is InChI=1S/C17H20O9/c1-21-9-7-11(23-3)10(22-2)6-8(9)14-12(15(18)24-4)13(16(19)25-5)17(20)26-14/h6-7,12-14H,1-5H3/t12-,13-,14+/m1/s1. The molecule has 1 fully saturated rings. The van der Waals surface area contributed by atoms with E-state index in [0.29, 0.717) is 22.8 Å². The topological polar surface area (TPSA) is 107 Å². The molecule has 1 aromatic rings. The fourth-order valence-corrected chi connectivity index (χ4v) is 2.89. The molecule has 0 amide bonds. The van der Waals surface area contributed by atoms with Crippen molar-refractivity contribution in [2.24, 2.45) is 11.8 Å². The number of hydrogen-bond donors (Lipinski definition) is 0. The van der Waals surface area contributed by atoms with Crippen LogP contribution < -0.4 is 14.2 Å². The Hall–Kier alpha value is -2.97. The molecule has 26 heavy (non-hydrogen) atoms. The number of esters is 3. The summed E-state index contributed by atoms with van der Waals surface area (Å²) in [5, 5.41) is 0. The summed E-state index contributed by atoms with van der Waals surface area (Å²) in [6, 6.07) is 3.05. The Bertz CT molecular complexity index is 712. The Balaban J connectivity index is 2.59. The first-order valence-corrected chi connectivity index (χ1v) is 7.59. The number of hydrogen-bond acceptors (Lipinski definition) is 9. The highest BCUT2D eigenvalue weighted by atomic mass is 16.6. The van der Waals surface area contributed by atoms with Gasteiger partial charge in [-0.2, -0.15) is 0 Å². The Morgan fingerprint density at radius 2 is 1.38 bits per heavy atom. The molecule has 1 heterocycles. The first kappa shape index (κ1) is 19.4. The summed E-state index contributed by atoms with van der Waals surface area (Å²) >= 11 is 0. The molecule has 0 N–H and O–H groups in total. The third-order valence-electron chi connectivity index (χ3n) is 4.15. The van der Waals surface area contributed by atoms with Crippen molar-refractivity contribution in [3.05, 3.63) is 17.7 Å². The zero-order valence-corrected chi connectivity index (χ0v) is 15.1. The van der Waals surface area contributed by atoms with Crippen molar-refractivity contribution in [2.45, 2.75) is 6.10 Å². The average Bonchev–Trinajstić information content (AvgIpc) is 3.02. The normalized spacial score (nSPS) is 21.6. The molecular weight excluding hydrogens is 348 g/mol. The van der Waals surface area contributed by atoms with Gasteiger partial charge in [-0.3, -0.25) is 14.4 Å². The van der Waals surface area contributed by atoms with Crippen molar-refractivity contribution >= 4 is 17.9 Å². The first-order chi connectivity index (χ1) is 12.4. The van der Waals surface area contributed by atoms with E-state index in [9.17, 15) is 14.4 Å². The van der Waals surface area contributed by atoms with E-state index in [0.717, 1.165) is 14.2 Å². The molecule has 0 radical (unpaired) electrons. The maximum atomic E-state index is 12.3. The van der Waals surface area contributed by atoms with Crippen LogP contribution in [0.2, 0.25) is 0 Å². The van der Waals surface area contributed by atoms with Crippen LogP contribution in [0.25, 0.3) is 0 Å². The predicted molar refractivity (Wildman–Crippen MR) is 85.9 cm³/mol. The van der Waals surface area contributed by atoms with Gasteiger partial charge < -0.3 is 28.4 Å². The van der Waals surface area contributed by atoms with Crippen LogP contribution in [0.3, 0.4) is 0 Å². The van der Waals surface area contributed by atoms with E-state index in [-0.39, 0.29) is 0 Å². The summed E-state index contributed by atoms with van der Waals surface area (Å²) in [4.78, 5) is 36.5. The molecule has 0 bridgehead atoms. The lowest BCUT2D eigenvalue weighted by Gasteiger charge is -2.21. The minimum atomic E-state index is -1.43. The largest absolute Gasteiger partial charge is 0.496 e. The Kier molecular flexibility index (Phi) is 5.91. The molecule has 0 aliphatic carbocycles. The predicted octanol–water partition coefficient (Wildman–Crippen LogP) is 0.889. The zero-order valence-electron chi connectivity index (χ0n) is 15.1. The third kappa shape index (κ3) is 3.24. The van der Waals surface area contributed by atoms with Crippen molar-refractivity contribution in [3.8, 4) is 17.2 Å². The molecular formula is C17H20O9. The first-order valence-electron chi connectivity index (χ1n) is 7.59. The van der Waals surface area contributed by atoms with Gasteiger partial charge in [0.2, 0.25) is 0 Å². The number of methoxy groups -OCH3 is 5. The summed E-state index contributed by atoms with van der Waals surface area (Å²) < 4.78 is 30.5. The maximum Gasteiger partial charge on any atom is 0.322 e. The van der Waals surface area contributed by atoms with E-state index >= 15 is 0 Å². The number of ether oxygens (including phenoxy) is 6. The van der Waals surface area contributed by atoms with Crippen molar-refractivity contribution < 1.29 is 42.8 Å². The van der Waals surface area contributed by atoms with Crippen molar-refractivity contribution in [1.29, 1.82) is 0 Å². The quantitative estimate of drug-likeness (QED) is 0.411. The van der Waals surface area contributed by atoms with Gasteiger partial charge in [0.25, 0.3) is 0 Å². The van der Waals surface area contributed by atoms with E-state index in [1.165, 1.54) is 33.5 Å². The van der Waals surface area contributed by atoms with Gasteiger partial charge in [0, 0.05) is 11.6 Å². The molecule has 1 aromatic carbocycles. The molecule has 9 nitrogen and oxygen atoms in total. The Labute approximate surface area is 150 Å². The van der Waals surface area contributed by atoms with Gasteiger partial charge >= 0.3 is 17.9 Å². The molecule has 3 atom stereocenters. The average molecular weight is 368 g/mol. The lowest BCUT2D eigenvalue weighted by molar-refractivity contribution is -0.159. The lowest BCUT2D eigenvalue weighted by Crippen LogP contribution is -2.33. The third-order valence-corrected chi connectivity index (χ3v) is 4.15. The lowest BCUT2D eigenvalue weighted by atomic mass is 9.86. The molecule has 0 saturated carbocycles. The SMILES string of the molecule is COC(=O)[C@@H]1C(=O)O[C@@H](c2cc(OC)c(OC)cc2OC)[C@@H]1C(=O)OC. The van der Waals surface area contributed by atoms with Gasteiger partial charge in [0.15, 0.2) is 17.4 Å². The number of carbonyl (C=O) groups is 3. The minimum Gasteiger partial charge on any atom is -0.496 e. The van der Waals surface area contributed by atoms with Gasteiger partial charge in [-0.15, -0.1) is 0 Å². The number of rotatable bonds is 6. The molecule has 142 valence electrons. The van der Waals surface area contributed by atoms with Crippen LogP contribution in [0.15, 0.2) is 12.1 Å². The van der Waals surface area contributed by atoms with E-state index in [1.807, 2.05) is 0 Å². The summed E-state index contributed by atoms with van der Waals surface area (Å²) in [5.74, 6) is -4.20. The van der Waals surface area contributed by atoms with E-state index in [4.69, 9.17) is 23.7 Å². The van der Waals surface area contributed by atoms with Gasteiger partial charge in [-0.1, -0.05) is 0 Å². The van der Waals surface area contributed by atoms with Gasteiger partial charge in [-0.05, 0) is 6.07 Å². The van der Waals surface area contributed by atoms with E-state index < -0.39 is 35.8 Å². The summed E-state index contributed by atoms with van der Waals surface area (Å²) in [7, 11) is 6.57. The van der Waals surface area contributed by atoms with Gasteiger partial charge in [0.1, 0.15) is 17.8 Å². The highest BCUT2D eigenvalue weighted by Crippen LogP contribution is 2.46. The number of benzene rings is 1. The zero-order chi connectivity index (χ0) is 19.4. The molecule has 0 aromatic heterocycles. The number of carbonyl (C=O) groups excluding carboxylic acids is 3. The summed E-state index contributed by atoms with van der Waals surface area (Å²) in [5.41, 5.74) is 0.334. The molecule has 2 rings (SSSR count). The van der Waals surface area contributed by atoms with Crippen LogP contribution in [0.1, 0.15) is 11.7 Å². The van der Waals surface area contributed by atoms with Crippen molar-refractivity contribution in [1.82, 2.24) is 0 Å². The summed E-state index contributed by atoms with van der Waals surface area (Å²) in [6.07, 6.45) is -1.12. The fourth-order valence-electron chi connectivity index (χ4n) is 2.89. The minimum absolute atomic E-state index is 0.292. The molecule has 1 aliphatic rings. The van der Waals surface area contributed by atoms with E-state index in [2.05, 4.69) is 4.74 Å². The van der Waals surface area contributed by atoms with Gasteiger partial charge in [0.05, 0.1) is 35.5 Å². The fraction of sp³-hybridized carbons (Fsp3) is 0.471. The van der Waals surface area contributed by atoms with Crippen LogP contribution in [-0.2, 0) is 28.6 Å². The molecule has 9 heteroatoms. The van der Waals surface area contributed by atoms with Crippen LogP contribution in [0, 0.1) is 11.8 Å². The van der Waals surface area contributed by atoms with Crippen LogP contribution in [0.5, 0.6) is 17.2 Å². The van der Waals surface area contributed by atoms with E-state index in [1.54, 1.807) is 0 Å².